The van der Waals surface area contributed by atoms with E-state index >= 15 is 0 Å². The summed E-state index contributed by atoms with van der Waals surface area (Å²) in [6, 6.07) is 16.7. The first kappa shape index (κ1) is 16.0. The molecule has 2 N–H and O–H groups in total. The van der Waals surface area contributed by atoms with E-state index in [0.717, 1.165) is 11.6 Å². The summed E-state index contributed by atoms with van der Waals surface area (Å²) in [7, 11) is 2.12. The molecule has 0 fully saturated rings. The molecule has 0 spiro atoms. The Morgan fingerprint density at radius 1 is 1.10 bits per heavy atom. The van der Waals surface area contributed by atoms with Crippen LogP contribution in [-0.4, -0.2) is 18.0 Å². The Morgan fingerprint density at radius 2 is 1.71 bits per heavy atom. The summed E-state index contributed by atoms with van der Waals surface area (Å²) in [5.74, 6) is 0. The largest absolute Gasteiger partial charge is 0.326 e. The van der Waals surface area contributed by atoms with Gasteiger partial charge in [-0.3, -0.25) is 4.90 Å². The first-order chi connectivity index (χ1) is 9.99. The fourth-order valence-electron chi connectivity index (χ4n) is 2.82. The van der Waals surface area contributed by atoms with Crippen LogP contribution in [0.2, 0.25) is 5.02 Å². The fourth-order valence-corrected chi connectivity index (χ4v) is 2.94. The van der Waals surface area contributed by atoms with Gasteiger partial charge in [0.05, 0.1) is 0 Å². The number of rotatable bonds is 5. The van der Waals surface area contributed by atoms with Crippen molar-refractivity contribution in [3.8, 4) is 0 Å². The standard InChI is InChI=1S/C18H23ClN2/c1-13-6-4-5-7-17(13)18(14(2)20)21(3)12-15-8-10-16(19)11-9-15/h4-11,14,18H,12,20H2,1-3H3. The van der Waals surface area contributed by atoms with Gasteiger partial charge < -0.3 is 5.73 Å². The molecule has 0 radical (unpaired) electrons. The van der Waals surface area contributed by atoms with E-state index in [1.54, 1.807) is 0 Å². The molecule has 2 aromatic carbocycles. The van der Waals surface area contributed by atoms with Gasteiger partial charge in [0, 0.05) is 23.7 Å². The van der Waals surface area contributed by atoms with Gasteiger partial charge in [-0.25, -0.2) is 0 Å². The summed E-state index contributed by atoms with van der Waals surface area (Å²) in [5, 5.41) is 0.768. The Morgan fingerprint density at radius 3 is 2.29 bits per heavy atom. The van der Waals surface area contributed by atoms with Crippen molar-refractivity contribution in [2.24, 2.45) is 5.73 Å². The Kier molecular flexibility index (Phi) is 5.40. The molecule has 0 bridgehead atoms. The summed E-state index contributed by atoms with van der Waals surface area (Å²) in [5.41, 5.74) is 10.1. The molecule has 0 saturated carbocycles. The smallest absolute Gasteiger partial charge is 0.0499 e. The minimum atomic E-state index is 0.0587. The normalized spacial score (nSPS) is 14.2. The number of hydrogen-bond donors (Lipinski definition) is 1. The van der Waals surface area contributed by atoms with E-state index in [-0.39, 0.29) is 12.1 Å². The molecule has 21 heavy (non-hydrogen) atoms. The lowest BCUT2D eigenvalue weighted by molar-refractivity contribution is 0.210. The maximum atomic E-state index is 6.25. The average Bonchev–Trinajstić information content (AvgIpc) is 2.43. The van der Waals surface area contributed by atoms with Crippen molar-refractivity contribution < 1.29 is 0 Å². The lowest BCUT2D eigenvalue weighted by Gasteiger charge is -2.32. The minimum Gasteiger partial charge on any atom is -0.326 e. The van der Waals surface area contributed by atoms with Crippen molar-refractivity contribution in [2.45, 2.75) is 32.5 Å². The molecule has 2 aromatic rings. The van der Waals surface area contributed by atoms with Crippen molar-refractivity contribution in [1.82, 2.24) is 4.90 Å². The number of nitrogens with zero attached hydrogens (tertiary/aromatic N) is 1. The van der Waals surface area contributed by atoms with Crippen LogP contribution in [0.3, 0.4) is 0 Å². The molecule has 0 saturated heterocycles. The molecule has 112 valence electrons. The molecule has 2 nitrogen and oxygen atoms in total. The Balaban J connectivity index is 2.22. The zero-order chi connectivity index (χ0) is 15.4. The maximum Gasteiger partial charge on any atom is 0.0499 e. The van der Waals surface area contributed by atoms with Crippen LogP contribution in [0.4, 0.5) is 0 Å². The fraction of sp³-hybridized carbons (Fsp3) is 0.333. The summed E-state index contributed by atoms with van der Waals surface area (Å²) in [4.78, 5) is 2.30. The second-order valence-electron chi connectivity index (χ2n) is 5.70. The van der Waals surface area contributed by atoms with Crippen LogP contribution >= 0.6 is 11.6 Å². The van der Waals surface area contributed by atoms with Crippen LogP contribution in [-0.2, 0) is 6.54 Å². The average molecular weight is 303 g/mol. The molecule has 0 aromatic heterocycles. The van der Waals surface area contributed by atoms with E-state index in [0.29, 0.717) is 0 Å². The first-order valence-corrected chi connectivity index (χ1v) is 7.62. The Bertz CT molecular complexity index is 578. The number of likely N-dealkylation sites (N-methyl/N-ethyl adjacent to an activating group) is 1. The molecule has 0 heterocycles. The van der Waals surface area contributed by atoms with Crippen LogP contribution in [0.25, 0.3) is 0 Å². The van der Waals surface area contributed by atoms with E-state index in [1.807, 2.05) is 12.1 Å². The lowest BCUT2D eigenvalue weighted by atomic mass is 9.95. The third-order valence-corrected chi connectivity index (χ3v) is 4.08. The zero-order valence-electron chi connectivity index (χ0n) is 12.9. The van der Waals surface area contributed by atoms with Gasteiger partial charge in [0.1, 0.15) is 0 Å². The van der Waals surface area contributed by atoms with Crippen molar-refractivity contribution in [3.05, 3.63) is 70.2 Å². The van der Waals surface area contributed by atoms with E-state index in [2.05, 4.69) is 62.2 Å². The van der Waals surface area contributed by atoms with Gasteiger partial charge in [-0.15, -0.1) is 0 Å². The molecule has 2 atom stereocenters. The Labute approximate surface area is 132 Å². The third kappa shape index (κ3) is 4.07. The van der Waals surface area contributed by atoms with Crippen LogP contribution in [0.1, 0.15) is 29.7 Å². The van der Waals surface area contributed by atoms with Crippen LogP contribution in [0, 0.1) is 6.92 Å². The second kappa shape index (κ2) is 7.08. The molecule has 0 aliphatic rings. The van der Waals surface area contributed by atoms with E-state index in [9.17, 15) is 0 Å². The van der Waals surface area contributed by atoms with Gasteiger partial charge in [-0.1, -0.05) is 48.0 Å². The van der Waals surface area contributed by atoms with Gasteiger partial charge in [0.2, 0.25) is 0 Å². The number of nitrogens with two attached hydrogens (primary N) is 1. The topological polar surface area (TPSA) is 29.3 Å². The lowest BCUT2D eigenvalue weighted by Crippen LogP contribution is -2.37. The molecular weight excluding hydrogens is 280 g/mol. The van der Waals surface area contributed by atoms with Crippen molar-refractivity contribution >= 4 is 11.6 Å². The molecule has 0 aliphatic carbocycles. The molecule has 0 amide bonds. The summed E-state index contributed by atoms with van der Waals surface area (Å²) in [6.45, 7) is 5.05. The molecule has 2 unspecified atom stereocenters. The highest BCUT2D eigenvalue weighted by Gasteiger charge is 2.22. The number of halogens is 1. The second-order valence-corrected chi connectivity index (χ2v) is 6.14. The van der Waals surface area contributed by atoms with E-state index in [4.69, 9.17) is 17.3 Å². The highest BCUT2D eigenvalue weighted by atomic mass is 35.5. The van der Waals surface area contributed by atoms with Gasteiger partial charge in [0.25, 0.3) is 0 Å². The van der Waals surface area contributed by atoms with Gasteiger partial charge in [-0.05, 0) is 49.7 Å². The van der Waals surface area contributed by atoms with Crippen molar-refractivity contribution in [3.63, 3.8) is 0 Å². The predicted molar refractivity (Wildman–Crippen MR) is 90.5 cm³/mol. The van der Waals surface area contributed by atoms with Gasteiger partial charge in [-0.2, -0.15) is 0 Å². The minimum absolute atomic E-state index is 0.0587. The monoisotopic (exact) mass is 302 g/mol. The quantitative estimate of drug-likeness (QED) is 0.898. The van der Waals surface area contributed by atoms with E-state index in [1.165, 1.54) is 16.7 Å². The molecular formula is C18H23ClN2. The van der Waals surface area contributed by atoms with Crippen LogP contribution in [0.5, 0.6) is 0 Å². The maximum absolute atomic E-state index is 6.25. The molecule has 2 rings (SSSR count). The van der Waals surface area contributed by atoms with Crippen molar-refractivity contribution in [1.29, 1.82) is 0 Å². The highest BCUT2D eigenvalue weighted by Crippen LogP contribution is 2.26. The molecule has 3 heteroatoms. The number of aryl methyl sites for hydroxylation is 1. The van der Waals surface area contributed by atoms with Crippen molar-refractivity contribution in [2.75, 3.05) is 7.05 Å². The summed E-state index contributed by atoms with van der Waals surface area (Å²) >= 11 is 5.94. The predicted octanol–water partition coefficient (Wildman–Crippen LogP) is 4.17. The molecule has 0 aliphatic heterocycles. The number of hydrogen-bond acceptors (Lipinski definition) is 2. The Hall–Kier alpha value is -1.35. The van der Waals surface area contributed by atoms with Crippen LogP contribution < -0.4 is 5.73 Å². The van der Waals surface area contributed by atoms with E-state index < -0.39 is 0 Å². The highest BCUT2D eigenvalue weighted by molar-refractivity contribution is 6.30. The first-order valence-electron chi connectivity index (χ1n) is 7.25. The SMILES string of the molecule is Cc1ccccc1C(C(C)N)N(C)Cc1ccc(Cl)cc1. The summed E-state index contributed by atoms with van der Waals surface area (Å²) < 4.78 is 0. The third-order valence-electron chi connectivity index (χ3n) is 3.83. The van der Waals surface area contributed by atoms with Crippen LogP contribution in [0.15, 0.2) is 48.5 Å². The number of benzene rings is 2. The zero-order valence-corrected chi connectivity index (χ0v) is 13.6. The van der Waals surface area contributed by atoms with Gasteiger partial charge in [0.15, 0.2) is 0 Å². The van der Waals surface area contributed by atoms with Gasteiger partial charge >= 0.3 is 0 Å². The summed E-state index contributed by atoms with van der Waals surface area (Å²) in [6.07, 6.45) is 0.